The lowest BCUT2D eigenvalue weighted by atomic mass is 9.71. The first kappa shape index (κ1) is 11.9. The van der Waals surface area contributed by atoms with E-state index in [2.05, 4.69) is 20.8 Å². The first-order chi connectivity index (χ1) is 7.40. The van der Waals surface area contributed by atoms with Crippen molar-refractivity contribution in [2.24, 2.45) is 16.7 Å². The summed E-state index contributed by atoms with van der Waals surface area (Å²) in [5.41, 5.74) is 0.721. The summed E-state index contributed by atoms with van der Waals surface area (Å²) in [7, 11) is 0. The average Bonchev–Trinajstić information content (AvgIpc) is 2.48. The fraction of sp³-hybridized carbons (Fsp3) is 0.929. The van der Waals surface area contributed by atoms with Crippen LogP contribution in [0.5, 0.6) is 0 Å². The molecule has 0 aromatic carbocycles. The molecule has 0 N–H and O–H groups in total. The van der Waals surface area contributed by atoms with Crippen LogP contribution in [0.4, 0.5) is 0 Å². The van der Waals surface area contributed by atoms with Crippen LogP contribution < -0.4 is 0 Å². The Morgan fingerprint density at radius 1 is 1.38 bits per heavy atom. The van der Waals surface area contributed by atoms with Gasteiger partial charge in [0.15, 0.2) is 0 Å². The van der Waals surface area contributed by atoms with Crippen molar-refractivity contribution in [1.29, 1.82) is 0 Å². The summed E-state index contributed by atoms with van der Waals surface area (Å²) in [5, 5.41) is 0. The lowest BCUT2D eigenvalue weighted by molar-refractivity contribution is -0.152. The van der Waals surface area contributed by atoms with Gasteiger partial charge in [0.25, 0.3) is 0 Å². The second-order valence-electron chi connectivity index (χ2n) is 6.41. The molecule has 16 heavy (non-hydrogen) atoms. The number of esters is 1. The van der Waals surface area contributed by atoms with Crippen molar-refractivity contribution in [3.05, 3.63) is 0 Å². The van der Waals surface area contributed by atoms with E-state index in [-0.39, 0.29) is 12.1 Å². The maximum absolute atomic E-state index is 11.6. The van der Waals surface area contributed by atoms with Crippen molar-refractivity contribution in [3.63, 3.8) is 0 Å². The summed E-state index contributed by atoms with van der Waals surface area (Å²) >= 11 is 0. The minimum atomic E-state index is -0.000509. The second kappa shape index (κ2) is 3.75. The number of carbonyl (C=O) groups excluding carboxylic acids is 1. The third-order valence-corrected chi connectivity index (χ3v) is 5.33. The Labute approximate surface area is 98.7 Å². The molecule has 3 atom stereocenters. The van der Waals surface area contributed by atoms with E-state index in [0.717, 1.165) is 12.8 Å². The van der Waals surface area contributed by atoms with Gasteiger partial charge in [-0.05, 0) is 36.5 Å². The minimum Gasteiger partial charge on any atom is -0.462 e. The van der Waals surface area contributed by atoms with Gasteiger partial charge in [-0.15, -0.1) is 0 Å². The third kappa shape index (κ3) is 1.57. The highest BCUT2D eigenvalue weighted by molar-refractivity contribution is 5.69. The predicted octanol–water partition coefficient (Wildman–Crippen LogP) is 3.54. The van der Waals surface area contributed by atoms with Crippen molar-refractivity contribution in [1.82, 2.24) is 0 Å². The molecular formula is C14H24O2. The van der Waals surface area contributed by atoms with Crippen molar-refractivity contribution in [2.45, 2.75) is 65.9 Å². The van der Waals surface area contributed by atoms with Crippen LogP contribution in [-0.4, -0.2) is 12.1 Å². The summed E-state index contributed by atoms with van der Waals surface area (Å²) in [6.07, 6.45) is 5.24. The molecular weight excluding hydrogens is 200 g/mol. The van der Waals surface area contributed by atoms with E-state index >= 15 is 0 Å². The van der Waals surface area contributed by atoms with Crippen molar-refractivity contribution < 1.29 is 9.53 Å². The standard InChI is InChI=1S/C14H24O2/c1-5-6-12(15)16-11-9-14(4)8-7-10(11)13(14,2)3/h10-11H,5-9H2,1-4H3/t10-,11?,14?/m0/s1. The molecule has 2 unspecified atom stereocenters. The van der Waals surface area contributed by atoms with Crippen molar-refractivity contribution in [2.75, 3.05) is 0 Å². The van der Waals surface area contributed by atoms with E-state index in [1.165, 1.54) is 12.8 Å². The summed E-state index contributed by atoms with van der Waals surface area (Å²) in [5.74, 6) is 0.581. The highest BCUT2D eigenvalue weighted by Crippen LogP contribution is 2.66. The van der Waals surface area contributed by atoms with Crippen LogP contribution in [0.2, 0.25) is 0 Å². The third-order valence-electron chi connectivity index (χ3n) is 5.33. The second-order valence-corrected chi connectivity index (χ2v) is 6.41. The highest BCUT2D eigenvalue weighted by Gasteiger charge is 2.61. The molecule has 2 heteroatoms. The Bertz CT molecular complexity index is 292. The first-order valence-electron chi connectivity index (χ1n) is 6.60. The molecule has 0 aromatic rings. The Morgan fingerprint density at radius 2 is 2.06 bits per heavy atom. The maximum Gasteiger partial charge on any atom is 0.306 e. The largest absolute Gasteiger partial charge is 0.462 e. The van der Waals surface area contributed by atoms with Crippen LogP contribution in [0.15, 0.2) is 0 Å². The van der Waals surface area contributed by atoms with Crippen LogP contribution in [0.3, 0.4) is 0 Å². The average molecular weight is 224 g/mol. The fourth-order valence-electron chi connectivity index (χ4n) is 3.76. The van der Waals surface area contributed by atoms with Gasteiger partial charge in [0, 0.05) is 12.3 Å². The first-order valence-corrected chi connectivity index (χ1v) is 6.60. The maximum atomic E-state index is 11.6. The Kier molecular flexibility index (Phi) is 2.80. The lowest BCUT2D eigenvalue weighted by Crippen LogP contribution is -2.27. The summed E-state index contributed by atoms with van der Waals surface area (Å²) < 4.78 is 5.65. The molecule has 2 aliphatic carbocycles. The molecule has 0 spiro atoms. The van der Waals surface area contributed by atoms with Gasteiger partial charge in [0.1, 0.15) is 6.10 Å². The minimum absolute atomic E-state index is 0.000509. The van der Waals surface area contributed by atoms with Crippen LogP contribution in [-0.2, 0) is 9.53 Å². The SMILES string of the molecule is CCCC(=O)OC1CC2(C)CC[C@@H]1C2(C)C. The number of hydrogen-bond acceptors (Lipinski definition) is 2. The number of rotatable bonds is 3. The monoisotopic (exact) mass is 224 g/mol. The molecule has 2 bridgehead atoms. The molecule has 0 amide bonds. The van der Waals surface area contributed by atoms with Gasteiger partial charge in [-0.3, -0.25) is 4.79 Å². The van der Waals surface area contributed by atoms with E-state index in [1.807, 2.05) is 6.92 Å². The van der Waals surface area contributed by atoms with E-state index in [4.69, 9.17) is 4.74 Å². The molecule has 0 aliphatic heterocycles. The van der Waals surface area contributed by atoms with Crippen LogP contribution >= 0.6 is 0 Å². The molecule has 92 valence electrons. The molecule has 0 radical (unpaired) electrons. The van der Waals surface area contributed by atoms with Gasteiger partial charge in [0.05, 0.1) is 0 Å². The molecule has 2 saturated carbocycles. The van der Waals surface area contributed by atoms with E-state index in [0.29, 0.717) is 23.2 Å². The lowest BCUT2D eigenvalue weighted by Gasteiger charge is -2.33. The van der Waals surface area contributed by atoms with Crippen LogP contribution in [0.1, 0.15) is 59.8 Å². The Hall–Kier alpha value is -0.530. The summed E-state index contributed by atoms with van der Waals surface area (Å²) in [6, 6.07) is 0. The number of fused-ring (bicyclic) bond motifs is 2. The smallest absolute Gasteiger partial charge is 0.306 e. The van der Waals surface area contributed by atoms with Crippen LogP contribution in [0, 0.1) is 16.7 Å². The number of hydrogen-bond donors (Lipinski definition) is 0. The summed E-state index contributed by atoms with van der Waals surface area (Å²) in [4.78, 5) is 11.6. The number of carbonyl (C=O) groups is 1. The molecule has 0 heterocycles. The topological polar surface area (TPSA) is 26.3 Å². The van der Waals surface area contributed by atoms with Crippen molar-refractivity contribution >= 4 is 5.97 Å². The van der Waals surface area contributed by atoms with Gasteiger partial charge >= 0.3 is 5.97 Å². The Morgan fingerprint density at radius 3 is 2.50 bits per heavy atom. The number of ether oxygens (including phenoxy) is 1. The molecule has 2 nitrogen and oxygen atoms in total. The normalized spacial score (nSPS) is 40.0. The van der Waals surface area contributed by atoms with E-state index in [1.54, 1.807) is 0 Å². The van der Waals surface area contributed by atoms with Gasteiger partial charge in [-0.2, -0.15) is 0 Å². The highest BCUT2D eigenvalue weighted by atomic mass is 16.5. The predicted molar refractivity (Wildman–Crippen MR) is 64.0 cm³/mol. The quantitative estimate of drug-likeness (QED) is 0.685. The van der Waals surface area contributed by atoms with Crippen LogP contribution in [0.25, 0.3) is 0 Å². The van der Waals surface area contributed by atoms with E-state index in [9.17, 15) is 4.79 Å². The summed E-state index contributed by atoms with van der Waals surface area (Å²) in [6.45, 7) is 9.07. The van der Waals surface area contributed by atoms with Gasteiger partial charge in [-0.1, -0.05) is 27.7 Å². The Balaban J connectivity index is 2.04. The van der Waals surface area contributed by atoms with Gasteiger partial charge in [-0.25, -0.2) is 0 Å². The zero-order chi connectivity index (χ0) is 12.0. The zero-order valence-corrected chi connectivity index (χ0v) is 11.0. The molecule has 2 rings (SSSR count). The zero-order valence-electron chi connectivity index (χ0n) is 11.0. The van der Waals surface area contributed by atoms with Gasteiger partial charge in [0.2, 0.25) is 0 Å². The molecule has 0 aromatic heterocycles. The fourth-order valence-corrected chi connectivity index (χ4v) is 3.76. The molecule has 2 aliphatic rings. The van der Waals surface area contributed by atoms with E-state index < -0.39 is 0 Å². The molecule has 0 saturated heterocycles. The van der Waals surface area contributed by atoms with Crippen molar-refractivity contribution in [3.8, 4) is 0 Å². The molecule has 2 fully saturated rings. The van der Waals surface area contributed by atoms with Gasteiger partial charge < -0.3 is 4.74 Å².